The minimum absolute atomic E-state index is 0.0708. The number of nitrogens with one attached hydrogen (secondary N) is 1. The Kier molecular flexibility index (Phi) is 4.01. The highest BCUT2D eigenvalue weighted by Gasteiger charge is 2.68. The highest BCUT2D eigenvalue weighted by Crippen LogP contribution is 2.44. The summed E-state index contributed by atoms with van der Waals surface area (Å²) in [5.74, 6) is -3.61. The van der Waals surface area contributed by atoms with E-state index in [1.54, 1.807) is 0 Å². The topological polar surface area (TPSA) is 119 Å². The zero-order valence-electron chi connectivity index (χ0n) is 11.6. The first-order valence-corrected chi connectivity index (χ1v) is 6.19. The molecule has 4 N–H and O–H groups in total. The molecule has 0 bridgehead atoms. The Balaban J connectivity index is 2.50. The molecule has 12 heteroatoms. The molecule has 2 aliphatic heterocycles. The van der Waals surface area contributed by atoms with E-state index >= 15 is 0 Å². The molecule has 0 aromatic carbocycles. The summed E-state index contributed by atoms with van der Waals surface area (Å²) in [5.41, 5.74) is -2.95. The summed E-state index contributed by atoms with van der Waals surface area (Å²) in [6, 6.07) is -1.05. The largest absolute Gasteiger partial charge is 0.403 e. The van der Waals surface area contributed by atoms with Gasteiger partial charge < -0.3 is 25.4 Å². The van der Waals surface area contributed by atoms with Crippen molar-refractivity contribution in [3.05, 3.63) is 24.0 Å². The van der Waals surface area contributed by atoms with Crippen LogP contribution in [0.2, 0.25) is 0 Å². The van der Waals surface area contributed by atoms with Gasteiger partial charge in [0, 0.05) is 17.3 Å². The van der Waals surface area contributed by atoms with Crippen molar-refractivity contribution in [1.82, 2.24) is 10.2 Å². The zero-order valence-corrected chi connectivity index (χ0v) is 11.6. The fourth-order valence-corrected chi connectivity index (χ4v) is 2.20. The van der Waals surface area contributed by atoms with Crippen LogP contribution in [-0.4, -0.2) is 85.2 Å². The SMILES string of the molecule is [B]C([B])(O)[C@@]1(F)O[C@@]([B])(N2C=C(C=O)C(=C)NC2=O)[C@H](O)[C@@H]1O. The third-order valence-corrected chi connectivity index (χ3v) is 3.56. The summed E-state index contributed by atoms with van der Waals surface area (Å²) in [6.07, 6.45) is -3.64. The maximum Gasteiger partial charge on any atom is 0.327 e. The Labute approximate surface area is 134 Å². The van der Waals surface area contributed by atoms with Gasteiger partial charge in [-0.25, -0.2) is 9.18 Å². The van der Waals surface area contributed by atoms with E-state index in [4.69, 9.17) is 23.5 Å². The number of carbonyl (C=O) groups excluding carboxylic acids is 2. The van der Waals surface area contributed by atoms with Gasteiger partial charge in [-0.05, 0) is 0 Å². The van der Waals surface area contributed by atoms with Crippen LogP contribution in [0.3, 0.4) is 0 Å². The average Bonchev–Trinajstić information content (AvgIpc) is 2.61. The number of ether oxygens (including phenoxy) is 1. The molecule has 0 aromatic heterocycles. The molecule has 2 amide bonds. The van der Waals surface area contributed by atoms with Gasteiger partial charge in [-0.15, -0.1) is 0 Å². The standard InChI is InChI=1S/C11H10B3FN2O6/c1-4-5(3-18)2-17(8(21)16-4)10(12)7(20)6(19)9(15,23-10)11(13,14)22/h2-3,6-7,19-20,22H,1H2,(H,16,21)/t6-,7+,9-,10-/m0/s1. The average molecular weight is 318 g/mol. The maximum atomic E-state index is 14.6. The van der Waals surface area contributed by atoms with Gasteiger partial charge in [-0.3, -0.25) is 9.69 Å². The molecule has 116 valence electrons. The number of aliphatic hydroxyl groups is 3. The molecule has 1 saturated heterocycles. The summed E-state index contributed by atoms with van der Waals surface area (Å²) >= 11 is 0. The predicted molar refractivity (Wildman–Crippen MR) is 75.5 cm³/mol. The van der Waals surface area contributed by atoms with Crippen LogP contribution in [-0.2, 0) is 9.53 Å². The van der Waals surface area contributed by atoms with Gasteiger partial charge in [-0.2, -0.15) is 0 Å². The first kappa shape index (κ1) is 17.7. The lowest BCUT2D eigenvalue weighted by atomic mass is 9.59. The van der Waals surface area contributed by atoms with Crippen LogP contribution in [0.15, 0.2) is 24.0 Å². The van der Waals surface area contributed by atoms with Crippen LogP contribution in [0.25, 0.3) is 0 Å². The molecule has 2 aliphatic rings. The normalized spacial score (nSPS) is 38.3. The number of hydrogen-bond donors (Lipinski definition) is 4. The lowest BCUT2D eigenvalue weighted by Gasteiger charge is -2.42. The number of aliphatic hydroxyl groups excluding tert-OH is 2. The van der Waals surface area contributed by atoms with Crippen molar-refractivity contribution in [1.29, 1.82) is 0 Å². The summed E-state index contributed by atoms with van der Waals surface area (Å²) in [5, 5.41) is 28.1. The van der Waals surface area contributed by atoms with Gasteiger partial charge in [0.15, 0.2) is 6.29 Å². The molecule has 23 heavy (non-hydrogen) atoms. The molecule has 2 rings (SSSR count). The lowest BCUT2D eigenvalue weighted by molar-refractivity contribution is -0.242. The Bertz CT molecular complexity index is 611. The minimum atomic E-state index is -3.61. The second-order valence-corrected chi connectivity index (χ2v) is 5.19. The van der Waals surface area contributed by atoms with Crippen molar-refractivity contribution < 1.29 is 34.0 Å². The smallest absolute Gasteiger partial charge is 0.327 e. The summed E-state index contributed by atoms with van der Waals surface area (Å²) in [4.78, 5) is 23.3. The molecule has 2 heterocycles. The van der Waals surface area contributed by atoms with Gasteiger partial charge in [0.25, 0.3) is 5.85 Å². The predicted octanol–water partition coefficient (Wildman–Crippen LogP) is -3.17. The molecule has 4 atom stereocenters. The second-order valence-electron chi connectivity index (χ2n) is 5.19. The van der Waals surface area contributed by atoms with Crippen LogP contribution in [0.5, 0.6) is 0 Å². The number of allylic oxidation sites excluding steroid dienone is 1. The van der Waals surface area contributed by atoms with Gasteiger partial charge >= 0.3 is 6.03 Å². The second kappa shape index (κ2) is 5.20. The molecule has 0 unspecified atom stereocenters. The number of hydrogen-bond acceptors (Lipinski definition) is 6. The number of aldehydes is 1. The quantitative estimate of drug-likeness (QED) is 0.322. The lowest BCUT2D eigenvalue weighted by Crippen LogP contribution is -2.61. The van der Waals surface area contributed by atoms with E-state index in [0.29, 0.717) is 11.2 Å². The van der Waals surface area contributed by atoms with E-state index in [1.807, 2.05) is 0 Å². The van der Waals surface area contributed by atoms with Gasteiger partial charge in [0.2, 0.25) is 0 Å². The maximum absolute atomic E-state index is 14.6. The molecule has 8 nitrogen and oxygen atoms in total. The Morgan fingerprint density at radius 2 is 2.04 bits per heavy atom. The third kappa shape index (κ3) is 2.42. The first-order chi connectivity index (χ1) is 10.4. The minimum Gasteiger partial charge on any atom is -0.403 e. The summed E-state index contributed by atoms with van der Waals surface area (Å²) < 4.78 is 19.3. The number of alkyl halides is 1. The molecule has 0 aliphatic carbocycles. The Morgan fingerprint density at radius 3 is 2.48 bits per heavy atom. The number of amides is 2. The monoisotopic (exact) mass is 318 g/mol. The van der Waals surface area contributed by atoms with E-state index in [1.165, 1.54) is 0 Å². The van der Waals surface area contributed by atoms with E-state index in [2.05, 4.69) is 16.6 Å². The number of nitrogens with zero attached hydrogens (tertiary/aromatic N) is 1. The molecule has 0 spiro atoms. The zero-order chi connectivity index (χ0) is 17.8. The summed E-state index contributed by atoms with van der Waals surface area (Å²) in [6.45, 7) is 3.40. The van der Waals surface area contributed by atoms with E-state index < -0.39 is 35.1 Å². The number of rotatable bonds is 3. The van der Waals surface area contributed by atoms with Crippen molar-refractivity contribution in [2.24, 2.45) is 0 Å². The Hall–Kier alpha value is -1.62. The molecule has 6 radical (unpaired) electrons. The van der Waals surface area contributed by atoms with Gasteiger partial charge in [0.1, 0.15) is 41.4 Å². The van der Waals surface area contributed by atoms with Crippen molar-refractivity contribution in [2.45, 2.75) is 29.1 Å². The highest BCUT2D eigenvalue weighted by atomic mass is 19.2. The van der Waals surface area contributed by atoms with E-state index in [-0.39, 0.29) is 11.3 Å². The van der Waals surface area contributed by atoms with Crippen LogP contribution in [0.1, 0.15) is 0 Å². The van der Waals surface area contributed by atoms with Crippen LogP contribution < -0.4 is 5.32 Å². The van der Waals surface area contributed by atoms with Gasteiger partial charge in [-0.1, -0.05) is 6.58 Å². The fraction of sp³-hybridized carbons (Fsp3) is 0.455. The van der Waals surface area contributed by atoms with Crippen molar-refractivity contribution >= 4 is 35.9 Å². The third-order valence-electron chi connectivity index (χ3n) is 3.56. The van der Waals surface area contributed by atoms with Crippen LogP contribution >= 0.6 is 0 Å². The van der Waals surface area contributed by atoms with Crippen molar-refractivity contribution in [2.75, 3.05) is 0 Å². The van der Waals surface area contributed by atoms with Crippen LogP contribution in [0.4, 0.5) is 9.18 Å². The first-order valence-electron chi connectivity index (χ1n) is 6.19. The van der Waals surface area contributed by atoms with Crippen molar-refractivity contribution in [3.63, 3.8) is 0 Å². The van der Waals surface area contributed by atoms with Gasteiger partial charge in [0.05, 0.1) is 5.57 Å². The highest BCUT2D eigenvalue weighted by molar-refractivity contribution is 6.39. The Morgan fingerprint density at radius 1 is 1.48 bits per heavy atom. The number of urea groups is 1. The summed E-state index contributed by atoms with van der Waals surface area (Å²) in [7, 11) is 15.7. The number of halogens is 1. The van der Waals surface area contributed by atoms with E-state index in [9.17, 15) is 29.3 Å². The fourth-order valence-electron chi connectivity index (χ4n) is 2.20. The van der Waals surface area contributed by atoms with E-state index in [0.717, 1.165) is 6.20 Å². The molecular weight excluding hydrogens is 308 g/mol. The molecular formula is C11H10B3FN2O6. The van der Waals surface area contributed by atoms with Crippen molar-refractivity contribution in [3.8, 4) is 0 Å². The molecule has 0 saturated carbocycles. The molecule has 0 aromatic rings. The number of carbonyl (C=O) groups is 2. The van der Waals surface area contributed by atoms with Crippen LogP contribution in [0, 0.1) is 0 Å². The molecule has 1 fully saturated rings.